The molecular formula is C22H25N3O7. The van der Waals surface area contributed by atoms with Crippen molar-refractivity contribution in [3.05, 3.63) is 58.1 Å². The van der Waals surface area contributed by atoms with E-state index in [-0.39, 0.29) is 30.0 Å². The van der Waals surface area contributed by atoms with Crippen molar-refractivity contribution in [3.63, 3.8) is 0 Å². The lowest BCUT2D eigenvalue weighted by Crippen LogP contribution is -2.47. The molecule has 0 radical (unpaired) electrons. The quantitative estimate of drug-likeness (QED) is 0.596. The minimum absolute atomic E-state index is 0.133. The predicted octanol–water partition coefficient (Wildman–Crippen LogP) is 2.58. The summed E-state index contributed by atoms with van der Waals surface area (Å²) in [6.07, 6.45) is 0.485. The van der Waals surface area contributed by atoms with Gasteiger partial charge < -0.3 is 29.4 Å². The fourth-order valence-electron chi connectivity index (χ4n) is 3.36. The van der Waals surface area contributed by atoms with E-state index < -0.39 is 24.0 Å². The molecule has 32 heavy (non-hydrogen) atoms. The average Bonchev–Trinajstić information content (AvgIpc) is 3.17. The molecule has 2 aromatic rings. The number of esters is 2. The van der Waals surface area contributed by atoms with Gasteiger partial charge in [-0.3, -0.25) is 0 Å². The van der Waals surface area contributed by atoms with Crippen LogP contribution in [0.3, 0.4) is 0 Å². The summed E-state index contributed by atoms with van der Waals surface area (Å²) < 4.78 is 20.9. The molecule has 3 rings (SSSR count). The van der Waals surface area contributed by atoms with Crippen LogP contribution in [0, 0.1) is 6.92 Å². The monoisotopic (exact) mass is 443 g/mol. The van der Waals surface area contributed by atoms with Crippen molar-refractivity contribution >= 4 is 18.0 Å². The molecule has 1 aliphatic heterocycles. The zero-order chi connectivity index (χ0) is 23.3. The number of nitrogens with zero attached hydrogens (tertiary/aromatic N) is 1. The van der Waals surface area contributed by atoms with Gasteiger partial charge in [0.25, 0.3) is 0 Å². The fraction of sp³-hybridized carbons (Fsp3) is 0.364. The van der Waals surface area contributed by atoms with E-state index in [0.29, 0.717) is 29.2 Å². The summed E-state index contributed by atoms with van der Waals surface area (Å²) in [5, 5.41) is 9.12. The van der Waals surface area contributed by atoms with E-state index in [0.717, 1.165) is 0 Å². The van der Waals surface area contributed by atoms with E-state index in [9.17, 15) is 14.4 Å². The van der Waals surface area contributed by atoms with Crippen LogP contribution in [0.1, 0.15) is 47.3 Å². The molecule has 0 saturated carbocycles. The van der Waals surface area contributed by atoms with Crippen molar-refractivity contribution in [1.82, 2.24) is 15.8 Å². The third-order valence-corrected chi connectivity index (χ3v) is 4.92. The van der Waals surface area contributed by atoms with Crippen LogP contribution in [-0.2, 0) is 20.7 Å². The van der Waals surface area contributed by atoms with E-state index in [1.165, 1.54) is 0 Å². The lowest BCUT2D eigenvalue weighted by atomic mass is 9.95. The van der Waals surface area contributed by atoms with Gasteiger partial charge in [0.15, 0.2) is 0 Å². The first-order valence-electron chi connectivity index (χ1n) is 10.1. The van der Waals surface area contributed by atoms with Crippen LogP contribution in [0.25, 0.3) is 0 Å². The number of carbonyl (C=O) groups is 3. The molecular weight excluding hydrogens is 418 g/mol. The molecule has 10 nitrogen and oxygen atoms in total. The zero-order valence-corrected chi connectivity index (χ0v) is 18.3. The number of urea groups is 1. The maximum absolute atomic E-state index is 12.8. The highest BCUT2D eigenvalue weighted by molar-refractivity contribution is 5.96. The Morgan fingerprint density at radius 3 is 2.47 bits per heavy atom. The topological polar surface area (TPSA) is 129 Å². The van der Waals surface area contributed by atoms with E-state index in [1.807, 2.05) is 6.92 Å². The van der Waals surface area contributed by atoms with Gasteiger partial charge in [-0.2, -0.15) is 0 Å². The molecule has 2 amide bonds. The molecule has 2 N–H and O–H groups in total. The molecule has 1 aromatic carbocycles. The number of carbonyl (C=O) groups excluding carboxylic acids is 3. The summed E-state index contributed by atoms with van der Waals surface area (Å²) in [5.74, 6) is -0.343. The Morgan fingerprint density at radius 2 is 1.84 bits per heavy atom. The summed E-state index contributed by atoms with van der Waals surface area (Å²) in [5.41, 5.74) is 1.61. The number of aryl methyl sites for hydroxylation is 2. The van der Waals surface area contributed by atoms with E-state index >= 15 is 0 Å². The minimum atomic E-state index is -0.800. The lowest BCUT2D eigenvalue weighted by molar-refractivity contribution is -0.139. The molecule has 0 spiro atoms. The molecule has 10 heteroatoms. The summed E-state index contributed by atoms with van der Waals surface area (Å²) in [6.45, 7) is 4.91. The predicted molar refractivity (Wildman–Crippen MR) is 112 cm³/mol. The molecule has 2 heterocycles. The highest BCUT2D eigenvalue weighted by Crippen LogP contribution is 2.29. The Morgan fingerprint density at radius 1 is 1.12 bits per heavy atom. The first-order chi connectivity index (χ1) is 15.4. The van der Waals surface area contributed by atoms with Crippen LogP contribution < -0.4 is 15.4 Å². The number of nitrogens with one attached hydrogen (secondary N) is 2. The highest BCUT2D eigenvalue weighted by Gasteiger charge is 2.34. The Bertz CT molecular complexity index is 1040. The Hall–Kier alpha value is -3.82. The number of rotatable bonds is 8. The average molecular weight is 443 g/mol. The van der Waals surface area contributed by atoms with Crippen molar-refractivity contribution in [2.24, 2.45) is 0 Å². The van der Waals surface area contributed by atoms with E-state index in [4.69, 9.17) is 18.7 Å². The number of methoxy groups -OCH3 is 1. The number of amides is 2. The zero-order valence-electron chi connectivity index (χ0n) is 18.3. The number of benzene rings is 1. The SMILES string of the molecule is CCOC(=O)C1=C(COC(=O)c2c(CC)noc2C)NC(=O)N[C@H]1c1ccc(OC)cc1. The second kappa shape index (κ2) is 9.99. The van der Waals surface area contributed by atoms with E-state index in [1.54, 1.807) is 45.2 Å². The molecule has 0 fully saturated rings. The smallest absolute Gasteiger partial charge is 0.344 e. The normalized spacial score (nSPS) is 15.6. The number of aromatic nitrogens is 1. The number of ether oxygens (including phenoxy) is 3. The maximum atomic E-state index is 12.8. The van der Waals surface area contributed by atoms with Crippen molar-refractivity contribution in [2.45, 2.75) is 33.2 Å². The summed E-state index contributed by atoms with van der Waals surface area (Å²) in [4.78, 5) is 37.8. The molecule has 0 bridgehead atoms. The van der Waals surface area contributed by atoms with Crippen molar-refractivity contribution < 1.29 is 33.1 Å². The van der Waals surface area contributed by atoms with Gasteiger partial charge in [0, 0.05) is 0 Å². The van der Waals surface area contributed by atoms with Crippen LogP contribution >= 0.6 is 0 Å². The third kappa shape index (κ3) is 4.74. The lowest BCUT2D eigenvalue weighted by Gasteiger charge is -2.29. The van der Waals surface area contributed by atoms with Crippen molar-refractivity contribution in [2.75, 3.05) is 20.3 Å². The highest BCUT2D eigenvalue weighted by atomic mass is 16.5. The first kappa shape index (κ1) is 22.9. The van der Waals surface area contributed by atoms with Gasteiger partial charge in [0.05, 0.1) is 36.7 Å². The van der Waals surface area contributed by atoms with Crippen molar-refractivity contribution in [3.8, 4) is 5.75 Å². The van der Waals surface area contributed by atoms with Gasteiger partial charge in [-0.1, -0.05) is 24.2 Å². The molecule has 1 aromatic heterocycles. The molecule has 0 aliphatic carbocycles. The summed E-state index contributed by atoms with van der Waals surface area (Å²) in [7, 11) is 1.54. The number of hydrogen-bond donors (Lipinski definition) is 2. The second-order valence-electron chi connectivity index (χ2n) is 6.91. The Balaban J connectivity index is 1.94. The molecule has 170 valence electrons. The maximum Gasteiger partial charge on any atom is 0.344 e. The van der Waals surface area contributed by atoms with Gasteiger partial charge in [0.2, 0.25) is 0 Å². The fourth-order valence-corrected chi connectivity index (χ4v) is 3.36. The van der Waals surface area contributed by atoms with Crippen molar-refractivity contribution in [1.29, 1.82) is 0 Å². The van der Waals surface area contributed by atoms with Crippen LogP contribution in [0.4, 0.5) is 4.79 Å². The van der Waals surface area contributed by atoms with E-state index in [2.05, 4.69) is 15.8 Å². The Labute approximate surface area is 184 Å². The molecule has 1 atom stereocenters. The van der Waals surface area contributed by atoms with Crippen LogP contribution in [0.5, 0.6) is 5.75 Å². The minimum Gasteiger partial charge on any atom is -0.497 e. The Kier molecular flexibility index (Phi) is 7.14. The van der Waals surface area contributed by atoms with Gasteiger partial charge >= 0.3 is 18.0 Å². The molecule has 1 aliphatic rings. The largest absolute Gasteiger partial charge is 0.497 e. The summed E-state index contributed by atoms with van der Waals surface area (Å²) in [6, 6.07) is 5.55. The van der Waals surface area contributed by atoms with Gasteiger partial charge in [-0.25, -0.2) is 14.4 Å². The van der Waals surface area contributed by atoms with Crippen LogP contribution in [-0.4, -0.2) is 43.4 Å². The van der Waals surface area contributed by atoms with Crippen LogP contribution in [0.15, 0.2) is 40.1 Å². The first-order valence-corrected chi connectivity index (χ1v) is 10.1. The van der Waals surface area contributed by atoms with Gasteiger partial charge in [0.1, 0.15) is 23.7 Å². The third-order valence-electron chi connectivity index (χ3n) is 4.92. The second-order valence-corrected chi connectivity index (χ2v) is 6.91. The molecule has 0 unspecified atom stereocenters. The van der Waals surface area contributed by atoms with Crippen LogP contribution in [0.2, 0.25) is 0 Å². The van der Waals surface area contributed by atoms with Gasteiger partial charge in [-0.05, 0) is 38.0 Å². The standard InChI is InChI=1S/C22H25N3O7/c1-5-15-17(12(3)32-25-15)20(26)31-11-16-18(21(27)30-6-2)19(24-22(28)23-16)13-7-9-14(29-4)10-8-13/h7-10,19H,5-6,11H2,1-4H3,(H2,23,24,28)/t19-/m0/s1. The summed E-state index contributed by atoms with van der Waals surface area (Å²) >= 11 is 0. The number of hydrogen-bond acceptors (Lipinski definition) is 8. The van der Waals surface area contributed by atoms with Gasteiger partial charge in [-0.15, -0.1) is 0 Å². The molecule has 0 saturated heterocycles.